The maximum Gasteiger partial charge on any atom is 0.329 e. The lowest BCUT2D eigenvalue weighted by molar-refractivity contribution is -0.145. The summed E-state index contributed by atoms with van der Waals surface area (Å²) in [6, 6.07) is 0. The number of nitrogens with zero attached hydrogens (tertiary/aromatic N) is 2. The minimum atomic E-state index is -0.647. The van der Waals surface area contributed by atoms with Crippen molar-refractivity contribution in [1.29, 1.82) is 0 Å². The van der Waals surface area contributed by atoms with Crippen LogP contribution in [0.4, 0.5) is 0 Å². The molecule has 0 saturated heterocycles. The molecule has 1 aliphatic heterocycles. The molecule has 1 aliphatic rings. The minimum Gasteiger partial charge on any atom is -0.367 e. The number of carbonyl (C=O) groups is 1. The van der Waals surface area contributed by atoms with Gasteiger partial charge in [-0.3, -0.25) is 9.79 Å². The summed E-state index contributed by atoms with van der Waals surface area (Å²) in [5, 5.41) is 0. The van der Waals surface area contributed by atoms with Crippen molar-refractivity contribution in [1.82, 2.24) is 5.48 Å². The lowest BCUT2D eigenvalue weighted by atomic mass is 10.1. The van der Waals surface area contributed by atoms with E-state index < -0.39 is 11.6 Å². The number of hydrogen-bond acceptors (Lipinski definition) is 4. The van der Waals surface area contributed by atoms with E-state index in [2.05, 4.69) is 20.3 Å². The van der Waals surface area contributed by atoms with E-state index in [9.17, 15) is 4.79 Å². The van der Waals surface area contributed by atoms with E-state index in [1.54, 1.807) is 6.21 Å². The molecule has 0 spiro atoms. The van der Waals surface area contributed by atoms with Crippen molar-refractivity contribution in [2.45, 2.75) is 32.4 Å². The first-order chi connectivity index (χ1) is 7.58. The first-order valence-electron chi connectivity index (χ1n) is 5.10. The second-order valence-corrected chi connectivity index (χ2v) is 3.46. The van der Waals surface area contributed by atoms with E-state index in [0.29, 0.717) is 0 Å². The molecule has 3 N–H and O–H groups in total. The van der Waals surface area contributed by atoms with Gasteiger partial charge in [0.2, 0.25) is 5.96 Å². The topological polar surface area (TPSA) is 89.1 Å². The zero-order chi connectivity index (χ0) is 12.0. The van der Waals surface area contributed by atoms with E-state index in [0.717, 1.165) is 12.8 Å². The van der Waals surface area contributed by atoms with Crippen molar-refractivity contribution in [3.05, 3.63) is 12.2 Å². The molecule has 16 heavy (non-hydrogen) atoms. The van der Waals surface area contributed by atoms with Gasteiger partial charge in [0.05, 0.1) is 0 Å². The molecule has 0 aliphatic carbocycles. The number of nitrogens with two attached hydrogens (primary N) is 1. The SMILES string of the molecule is CCCC1(N=C(N)NOC(C)=O)C=CC=N1. The Kier molecular flexibility index (Phi) is 4.04. The van der Waals surface area contributed by atoms with Gasteiger partial charge in [-0.25, -0.2) is 4.99 Å². The van der Waals surface area contributed by atoms with Crippen LogP contribution in [0.3, 0.4) is 0 Å². The van der Waals surface area contributed by atoms with Gasteiger partial charge in [0.1, 0.15) is 0 Å². The highest BCUT2D eigenvalue weighted by molar-refractivity contribution is 5.81. The number of nitrogens with one attached hydrogen (secondary N) is 1. The van der Waals surface area contributed by atoms with E-state index >= 15 is 0 Å². The van der Waals surface area contributed by atoms with Crippen LogP contribution in [0.1, 0.15) is 26.7 Å². The molecule has 0 amide bonds. The summed E-state index contributed by atoms with van der Waals surface area (Å²) in [5.74, 6) is -0.444. The Morgan fingerprint density at radius 2 is 2.44 bits per heavy atom. The van der Waals surface area contributed by atoms with Crippen LogP contribution in [-0.2, 0) is 9.63 Å². The lowest BCUT2D eigenvalue weighted by Crippen LogP contribution is -2.36. The maximum absolute atomic E-state index is 10.6. The normalized spacial score (nSPS) is 23.5. The summed E-state index contributed by atoms with van der Waals surface area (Å²) in [5.41, 5.74) is 7.19. The summed E-state index contributed by atoms with van der Waals surface area (Å²) in [4.78, 5) is 23.5. The average Bonchev–Trinajstić information content (AvgIpc) is 2.64. The van der Waals surface area contributed by atoms with Gasteiger partial charge in [0.25, 0.3) is 0 Å². The minimum absolute atomic E-state index is 0.0346. The fourth-order valence-corrected chi connectivity index (χ4v) is 1.41. The molecule has 1 heterocycles. The Hall–Kier alpha value is -1.85. The van der Waals surface area contributed by atoms with Gasteiger partial charge < -0.3 is 10.6 Å². The van der Waals surface area contributed by atoms with Gasteiger partial charge in [-0.05, 0) is 18.6 Å². The van der Waals surface area contributed by atoms with Crippen LogP contribution in [0.15, 0.2) is 22.1 Å². The molecule has 0 bridgehead atoms. The Labute approximate surface area is 94.2 Å². The molecule has 0 radical (unpaired) electrons. The number of aliphatic imine (C=N–C) groups is 2. The third kappa shape index (κ3) is 3.38. The Balaban J connectivity index is 2.67. The number of guanidine groups is 1. The van der Waals surface area contributed by atoms with Gasteiger partial charge in [-0.2, -0.15) is 5.48 Å². The van der Waals surface area contributed by atoms with Crippen LogP contribution in [0.2, 0.25) is 0 Å². The highest BCUT2D eigenvalue weighted by Crippen LogP contribution is 2.24. The molecule has 1 rings (SSSR count). The predicted molar refractivity (Wildman–Crippen MR) is 61.8 cm³/mol. The lowest BCUT2D eigenvalue weighted by Gasteiger charge is -2.19. The van der Waals surface area contributed by atoms with Gasteiger partial charge in [-0.15, -0.1) is 0 Å². The predicted octanol–water partition coefficient (Wildman–Crippen LogP) is 0.506. The number of carbonyl (C=O) groups excluding carboxylic acids is 1. The van der Waals surface area contributed by atoms with Crippen LogP contribution >= 0.6 is 0 Å². The van der Waals surface area contributed by atoms with Crippen LogP contribution in [0.5, 0.6) is 0 Å². The fraction of sp³-hybridized carbons (Fsp3) is 0.500. The first kappa shape index (κ1) is 12.2. The van der Waals surface area contributed by atoms with Gasteiger partial charge in [0, 0.05) is 13.1 Å². The molecule has 1 unspecified atom stereocenters. The summed E-state index contributed by atoms with van der Waals surface area (Å²) in [6.07, 6.45) is 7.03. The zero-order valence-electron chi connectivity index (χ0n) is 9.43. The molecule has 0 aromatic heterocycles. The van der Waals surface area contributed by atoms with Crippen molar-refractivity contribution >= 4 is 18.1 Å². The molecule has 0 aromatic carbocycles. The highest BCUT2D eigenvalue weighted by atomic mass is 16.7. The molecule has 0 fully saturated rings. The van der Waals surface area contributed by atoms with Gasteiger partial charge >= 0.3 is 5.97 Å². The van der Waals surface area contributed by atoms with Crippen molar-refractivity contribution in [3.8, 4) is 0 Å². The summed E-state index contributed by atoms with van der Waals surface area (Å²) in [7, 11) is 0. The largest absolute Gasteiger partial charge is 0.367 e. The summed E-state index contributed by atoms with van der Waals surface area (Å²) < 4.78 is 0. The smallest absolute Gasteiger partial charge is 0.329 e. The molecule has 0 saturated carbocycles. The summed E-state index contributed by atoms with van der Waals surface area (Å²) in [6.45, 7) is 3.31. The highest BCUT2D eigenvalue weighted by Gasteiger charge is 2.26. The molecule has 6 nitrogen and oxygen atoms in total. The molecule has 1 atom stereocenters. The molecular weight excluding hydrogens is 208 g/mol. The van der Waals surface area contributed by atoms with E-state index in [1.165, 1.54) is 6.92 Å². The van der Waals surface area contributed by atoms with Crippen molar-refractivity contribution in [2.24, 2.45) is 15.7 Å². The third-order valence-corrected chi connectivity index (χ3v) is 1.98. The molecule has 0 aromatic rings. The molecular formula is C10H16N4O2. The maximum atomic E-state index is 10.6. The Morgan fingerprint density at radius 3 is 2.94 bits per heavy atom. The average molecular weight is 224 g/mol. The second kappa shape index (κ2) is 5.29. The zero-order valence-corrected chi connectivity index (χ0v) is 9.43. The van der Waals surface area contributed by atoms with E-state index in [4.69, 9.17) is 5.73 Å². The number of hydroxylamine groups is 1. The molecule has 6 heteroatoms. The fourth-order valence-electron chi connectivity index (χ4n) is 1.41. The van der Waals surface area contributed by atoms with Gasteiger partial charge in [-0.1, -0.05) is 13.3 Å². The quantitative estimate of drug-likeness (QED) is 0.415. The Morgan fingerprint density at radius 1 is 1.69 bits per heavy atom. The first-order valence-corrected chi connectivity index (χ1v) is 5.10. The number of rotatable bonds is 3. The summed E-state index contributed by atoms with van der Waals surface area (Å²) >= 11 is 0. The van der Waals surface area contributed by atoms with Crippen molar-refractivity contribution < 1.29 is 9.63 Å². The van der Waals surface area contributed by atoms with Crippen molar-refractivity contribution in [3.63, 3.8) is 0 Å². The Bertz CT molecular complexity index is 335. The van der Waals surface area contributed by atoms with E-state index in [-0.39, 0.29) is 5.96 Å². The van der Waals surface area contributed by atoms with Crippen LogP contribution in [-0.4, -0.2) is 23.8 Å². The third-order valence-electron chi connectivity index (χ3n) is 1.98. The van der Waals surface area contributed by atoms with Crippen LogP contribution in [0.25, 0.3) is 0 Å². The monoisotopic (exact) mass is 224 g/mol. The van der Waals surface area contributed by atoms with Gasteiger partial charge in [0.15, 0.2) is 5.66 Å². The standard InChI is InChI=1S/C10H16N4O2/c1-3-5-10(6-4-7-12-10)13-9(11)14-16-8(2)15/h4,6-7H,3,5H2,1-2H3,(H3,11,13,14). The number of hydrogen-bond donors (Lipinski definition) is 2. The van der Waals surface area contributed by atoms with Crippen LogP contribution in [0, 0.1) is 0 Å². The van der Waals surface area contributed by atoms with E-state index in [1.807, 2.05) is 19.1 Å². The van der Waals surface area contributed by atoms with Crippen LogP contribution < -0.4 is 11.2 Å². The second-order valence-electron chi connectivity index (χ2n) is 3.46. The molecule has 88 valence electrons. The van der Waals surface area contributed by atoms with Crippen molar-refractivity contribution in [2.75, 3.05) is 0 Å². The number of allylic oxidation sites excluding steroid dienone is 1.